The van der Waals surface area contributed by atoms with Gasteiger partial charge in [0.15, 0.2) is 33.0 Å². The molecule has 2 saturated heterocycles. The number of aliphatic hydroxyl groups excluding tert-OH is 1. The molecule has 0 bridgehead atoms. The highest BCUT2D eigenvalue weighted by Crippen LogP contribution is 2.38. The van der Waals surface area contributed by atoms with Crippen LogP contribution < -0.4 is 0 Å². The second-order valence-corrected chi connectivity index (χ2v) is 15.7. The molecule has 0 aromatic heterocycles. The lowest BCUT2D eigenvalue weighted by Crippen LogP contribution is -2.63. The number of aliphatic hydroxyl groups is 1. The van der Waals surface area contributed by atoms with Crippen LogP contribution in [0.4, 0.5) is 0 Å². The average molecular weight is 523 g/mol. The fourth-order valence-electron chi connectivity index (χ4n) is 4.09. The summed E-state index contributed by atoms with van der Waals surface area (Å²) in [6, 6.07) is 9.50. The predicted molar refractivity (Wildman–Crippen MR) is 133 cm³/mol. The first-order valence-corrected chi connectivity index (χ1v) is 15.3. The predicted octanol–water partition coefficient (Wildman–Crippen LogP) is 3.09. The van der Waals surface area contributed by atoms with Crippen LogP contribution in [0.25, 0.3) is 0 Å². The Morgan fingerprint density at radius 1 is 1.11 bits per heavy atom. The largest absolute Gasteiger partial charge is 0.414 e. The molecule has 4 rings (SSSR count). The highest BCUT2D eigenvalue weighted by atomic mass is 28.4. The van der Waals surface area contributed by atoms with E-state index in [9.17, 15) is 9.90 Å². The first-order valence-electron chi connectivity index (χ1n) is 12.4. The van der Waals surface area contributed by atoms with E-state index in [0.29, 0.717) is 0 Å². The van der Waals surface area contributed by atoms with Gasteiger partial charge in [0.25, 0.3) is 0 Å². The lowest BCUT2D eigenvalue weighted by atomic mass is 9.97. The van der Waals surface area contributed by atoms with Crippen LogP contribution >= 0.6 is 0 Å². The summed E-state index contributed by atoms with van der Waals surface area (Å²) in [7, 11) is -0.596. The van der Waals surface area contributed by atoms with E-state index in [1.54, 1.807) is 0 Å². The summed E-state index contributed by atoms with van der Waals surface area (Å²) in [5, 5.41) is 11.3. The molecule has 200 valence electrons. The number of ether oxygens (including phenoxy) is 6. The molecule has 36 heavy (non-hydrogen) atoms. The fraction of sp³-hybridized carbons (Fsp3) is 0.654. The first-order chi connectivity index (χ1) is 17.0. The number of rotatable bonds is 7. The van der Waals surface area contributed by atoms with E-state index < -0.39 is 57.7 Å². The standard InChI is InChI=1S/C26H38O9Si/c1-26(2,3)36(5,6)31-15-18-17(27)12-13-20(32-18)34-23-21(28)22-19(33-25(23)29-4)14-30-24(35-22)16-10-8-7-9-11-16/h7-13,18-25,28H,14-15H2,1-6H3/t18-,19+,20-,21-,22+,23+,24?,25-/m0/s1. The highest BCUT2D eigenvalue weighted by molar-refractivity contribution is 6.74. The van der Waals surface area contributed by atoms with E-state index in [0.717, 1.165) is 5.56 Å². The van der Waals surface area contributed by atoms with Gasteiger partial charge in [-0.3, -0.25) is 4.79 Å². The van der Waals surface area contributed by atoms with Crippen molar-refractivity contribution in [2.24, 2.45) is 0 Å². The van der Waals surface area contributed by atoms with E-state index >= 15 is 0 Å². The summed E-state index contributed by atoms with van der Waals surface area (Å²) in [6.45, 7) is 11.0. The number of hydrogen-bond donors (Lipinski definition) is 1. The zero-order valence-corrected chi connectivity index (χ0v) is 22.8. The van der Waals surface area contributed by atoms with Crippen molar-refractivity contribution < 1.29 is 42.7 Å². The number of fused-ring (bicyclic) bond motifs is 1. The molecule has 3 aliphatic rings. The van der Waals surface area contributed by atoms with Crippen LogP contribution in [0.2, 0.25) is 18.1 Å². The van der Waals surface area contributed by atoms with Crippen LogP contribution in [-0.4, -0.2) is 82.6 Å². The Morgan fingerprint density at radius 3 is 2.50 bits per heavy atom. The summed E-state index contributed by atoms with van der Waals surface area (Å²) in [4.78, 5) is 12.5. The third-order valence-corrected chi connectivity index (χ3v) is 11.8. The first kappa shape index (κ1) is 27.6. The summed E-state index contributed by atoms with van der Waals surface area (Å²) in [5.41, 5.74) is 0.844. The molecule has 9 nitrogen and oxygen atoms in total. The Labute approximate surface area is 213 Å². The van der Waals surface area contributed by atoms with Crippen molar-refractivity contribution in [2.45, 2.75) is 88.3 Å². The Morgan fingerprint density at radius 2 is 1.83 bits per heavy atom. The Bertz CT molecular complexity index is 916. The summed E-state index contributed by atoms with van der Waals surface area (Å²) in [6.07, 6.45) is -3.48. The fourth-order valence-corrected chi connectivity index (χ4v) is 5.09. The van der Waals surface area contributed by atoms with E-state index in [4.69, 9.17) is 32.8 Å². The maximum absolute atomic E-state index is 12.5. The SMILES string of the molecule is CO[C@H]1O[C@@H]2COC(c3ccccc3)O[C@H]2[C@H](O)[C@H]1O[C@H]1C=CC(=O)[C@H](CO[Si](C)(C)C(C)(C)C)O1. The summed E-state index contributed by atoms with van der Waals surface area (Å²) < 4.78 is 41.6. The molecule has 0 spiro atoms. The van der Waals surface area contributed by atoms with Crippen molar-refractivity contribution in [3.05, 3.63) is 48.0 Å². The third kappa shape index (κ3) is 5.98. The maximum atomic E-state index is 12.5. The van der Waals surface area contributed by atoms with E-state index in [2.05, 4.69) is 33.9 Å². The van der Waals surface area contributed by atoms with Crippen molar-refractivity contribution in [3.63, 3.8) is 0 Å². The van der Waals surface area contributed by atoms with Gasteiger partial charge >= 0.3 is 0 Å². The minimum absolute atomic E-state index is 0.00352. The minimum Gasteiger partial charge on any atom is -0.414 e. The molecule has 1 aromatic rings. The third-order valence-electron chi connectivity index (χ3n) is 7.34. The minimum atomic E-state index is -2.07. The van der Waals surface area contributed by atoms with Gasteiger partial charge < -0.3 is 38.0 Å². The molecule has 3 heterocycles. The number of methoxy groups -OCH3 is 1. The van der Waals surface area contributed by atoms with Crippen molar-refractivity contribution in [1.29, 1.82) is 0 Å². The molecule has 2 fully saturated rings. The molecule has 0 amide bonds. The zero-order chi connectivity index (χ0) is 26.1. The monoisotopic (exact) mass is 522 g/mol. The van der Waals surface area contributed by atoms with Crippen LogP contribution in [0.3, 0.4) is 0 Å². The number of carbonyl (C=O) groups is 1. The second kappa shape index (κ2) is 11.1. The number of carbonyl (C=O) groups excluding carboxylic acids is 1. The Balaban J connectivity index is 1.42. The number of hydrogen-bond acceptors (Lipinski definition) is 9. The lowest BCUT2D eigenvalue weighted by Gasteiger charge is -2.47. The lowest BCUT2D eigenvalue weighted by molar-refractivity contribution is -0.373. The molecule has 1 unspecified atom stereocenters. The molecule has 0 aliphatic carbocycles. The Kier molecular flexibility index (Phi) is 8.50. The van der Waals surface area contributed by atoms with Gasteiger partial charge in [-0.25, -0.2) is 0 Å². The van der Waals surface area contributed by atoms with Crippen LogP contribution in [0.5, 0.6) is 0 Å². The van der Waals surface area contributed by atoms with E-state index in [-0.39, 0.29) is 24.0 Å². The number of ketones is 1. The van der Waals surface area contributed by atoms with Gasteiger partial charge in [0.05, 0.1) is 13.2 Å². The molecular formula is C26H38O9Si. The van der Waals surface area contributed by atoms with Crippen LogP contribution in [0, 0.1) is 0 Å². The van der Waals surface area contributed by atoms with Crippen molar-refractivity contribution in [2.75, 3.05) is 20.3 Å². The van der Waals surface area contributed by atoms with Crippen LogP contribution in [0.1, 0.15) is 32.6 Å². The van der Waals surface area contributed by atoms with Crippen LogP contribution in [-0.2, 0) is 37.6 Å². The van der Waals surface area contributed by atoms with Crippen molar-refractivity contribution in [3.8, 4) is 0 Å². The van der Waals surface area contributed by atoms with Gasteiger partial charge in [-0.2, -0.15) is 0 Å². The molecule has 0 radical (unpaired) electrons. The smallest absolute Gasteiger partial charge is 0.192 e. The molecule has 10 heteroatoms. The van der Waals surface area contributed by atoms with Gasteiger partial charge in [0.1, 0.15) is 30.5 Å². The molecule has 8 atom stereocenters. The highest BCUT2D eigenvalue weighted by Gasteiger charge is 2.51. The average Bonchev–Trinajstić information content (AvgIpc) is 2.85. The molecule has 1 aromatic carbocycles. The Hall–Kier alpha value is -1.47. The van der Waals surface area contributed by atoms with E-state index in [1.807, 2.05) is 30.3 Å². The maximum Gasteiger partial charge on any atom is 0.192 e. The molecule has 3 aliphatic heterocycles. The van der Waals surface area contributed by atoms with Gasteiger partial charge in [-0.05, 0) is 30.3 Å². The summed E-state index contributed by atoms with van der Waals surface area (Å²) >= 11 is 0. The van der Waals surface area contributed by atoms with Gasteiger partial charge in [0, 0.05) is 12.7 Å². The number of benzene rings is 1. The van der Waals surface area contributed by atoms with E-state index in [1.165, 1.54) is 19.3 Å². The van der Waals surface area contributed by atoms with Crippen molar-refractivity contribution in [1.82, 2.24) is 0 Å². The summed E-state index contributed by atoms with van der Waals surface area (Å²) in [5.74, 6) is -0.184. The molecule has 1 N–H and O–H groups in total. The van der Waals surface area contributed by atoms with Crippen LogP contribution in [0.15, 0.2) is 42.5 Å². The topological polar surface area (TPSA) is 102 Å². The van der Waals surface area contributed by atoms with Gasteiger partial charge in [-0.15, -0.1) is 0 Å². The normalized spacial score (nSPS) is 35.5. The van der Waals surface area contributed by atoms with Gasteiger partial charge in [0.2, 0.25) is 0 Å². The zero-order valence-electron chi connectivity index (χ0n) is 21.8. The quantitative estimate of drug-likeness (QED) is 0.541. The van der Waals surface area contributed by atoms with Gasteiger partial charge in [-0.1, -0.05) is 51.1 Å². The molecular weight excluding hydrogens is 484 g/mol. The van der Waals surface area contributed by atoms with Crippen molar-refractivity contribution >= 4 is 14.1 Å². The second-order valence-electron chi connectivity index (χ2n) is 10.9. The molecule has 0 saturated carbocycles.